The van der Waals surface area contributed by atoms with Crippen molar-refractivity contribution >= 4 is 38.2 Å². The van der Waals surface area contributed by atoms with Crippen molar-refractivity contribution in [3.63, 3.8) is 0 Å². The van der Waals surface area contributed by atoms with Crippen molar-refractivity contribution in [3.05, 3.63) is 82.4 Å². The lowest BCUT2D eigenvalue weighted by molar-refractivity contribution is -0.138. The molecule has 0 aliphatic heterocycles. The van der Waals surface area contributed by atoms with Crippen LogP contribution in [0.25, 0.3) is 10.9 Å². The van der Waals surface area contributed by atoms with Crippen LogP contribution >= 0.6 is 11.3 Å². The lowest BCUT2D eigenvalue weighted by atomic mass is 10.1. The van der Waals surface area contributed by atoms with E-state index in [-0.39, 0.29) is 16.4 Å². The van der Waals surface area contributed by atoms with Crippen LogP contribution in [0.15, 0.2) is 65.0 Å². The van der Waals surface area contributed by atoms with Gasteiger partial charge in [-0.3, -0.25) is 4.79 Å². The molecule has 1 atom stereocenters. The van der Waals surface area contributed by atoms with E-state index in [1.54, 1.807) is 36.0 Å². The SMILES string of the molecule is Cc1ccc(C#Cc2ccc(S(=O)(=O)NC(Cc3cn(C)c4ccc(O)cc34)C(=O)O)s2)cc1. The second-order valence-electron chi connectivity index (χ2n) is 7.92. The van der Waals surface area contributed by atoms with Gasteiger partial charge in [0.25, 0.3) is 10.0 Å². The Morgan fingerprint density at radius 3 is 2.56 bits per heavy atom. The van der Waals surface area contributed by atoms with Crippen molar-refractivity contribution in [2.75, 3.05) is 0 Å². The zero-order valence-electron chi connectivity index (χ0n) is 18.4. The summed E-state index contributed by atoms with van der Waals surface area (Å²) in [5, 5.41) is 20.2. The third kappa shape index (κ3) is 5.15. The predicted molar refractivity (Wildman–Crippen MR) is 132 cm³/mol. The van der Waals surface area contributed by atoms with Gasteiger partial charge in [-0.1, -0.05) is 29.5 Å². The van der Waals surface area contributed by atoms with E-state index in [9.17, 15) is 23.4 Å². The number of rotatable bonds is 6. The van der Waals surface area contributed by atoms with E-state index in [1.165, 1.54) is 12.1 Å². The Kier molecular flexibility index (Phi) is 6.48. The number of nitrogens with zero attached hydrogens (tertiary/aromatic N) is 1. The van der Waals surface area contributed by atoms with Crippen LogP contribution in [0.3, 0.4) is 0 Å². The molecule has 0 bridgehead atoms. The Bertz CT molecular complexity index is 1540. The molecular formula is C25H22N2O5S2. The van der Waals surface area contributed by atoms with E-state index in [4.69, 9.17) is 0 Å². The zero-order chi connectivity index (χ0) is 24.5. The van der Waals surface area contributed by atoms with Crippen molar-refractivity contribution in [2.45, 2.75) is 23.6 Å². The summed E-state index contributed by atoms with van der Waals surface area (Å²) in [6.07, 6.45) is 1.65. The van der Waals surface area contributed by atoms with Crippen LogP contribution in [0.4, 0.5) is 0 Å². The van der Waals surface area contributed by atoms with E-state index in [2.05, 4.69) is 16.6 Å². The highest BCUT2D eigenvalue weighted by Gasteiger charge is 2.28. The topological polar surface area (TPSA) is 109 Å². The van der Waals surface area contributed by atoms with Gasteiger partial charge in [-0.05, 0) is 55.0 Å². The molecule has 0 saturated heterocycles. The molecule has 0 saturated carbocycles. The van der Waals surface area contributed by atoms with Gasteiger partial charge in [0, 0.05) is 36.1 Å². The van der Waals surface area contributed by atoms with E-state index in [0.29, 0.717) is 15.8 Å². The first-order valence-electron chi connectivity index (χ1n) is 10.3. The maximum absolute atomic E-state index is 12.9. The summed E-state index contributed by atoms with van der Waals surface area (Å²) >= 11 is 0.977. The fraction of sp³-hybridized carbons (Fsp3) is 0.160. The maximum Gasteiger partial charge on any atom is 0.322 e. The number of thiophene rings is 1. The van der Waals surface area contributed by atoms with Gasteiger partial charge in [-0.2, -0.15) is 4.72 Å². The number of benzene rings is 2. The van der Waals surface area contributed by atoms with Gasteiger partial charge in [-0.25, -0.2) is 8.42 Å². The summed E-state index contributed by atoms with van der Waals surface area (Å²) < 4.78 is 29.9. The first kappa shape index (κ1) is 23.6. The van der Waals surface area contributed by atoms with Crippen molar-refractivity contribution in [1.29, 1.82) is 0 Å². The second kappa shape index (κ2) is 9.35. The number of carboxylic acid groups (broad SMARTS) is 1. The van der Waals surface area contributed by atoms with Crippen molar-refractivity contribution < 1.29 is 23.4 Å². The van der Waals surface area contributed by atoms with Crippen LogP contribution in [-0.4, -0.2) is 35.2 Å². The van der Waals surface area contributed by atoms with Gasteiger partial charge in [0.2, 0.25) is 0 Å². The molecule has 0 aliphatic rings. The molecule has 7 nitrogen and oxygen atoms in total. The van der Waals surface area contributed by atoms with Gasteiger partial charge < -0.3 is 14.8 Å². The standard InChI is InChI=1S/C25H22N2O5S2/c1-16-3-5-17(6-4-16)7-9-20-10-12-24(33-20)34(31,32)26-22(25(29)30)13-18-15-27(2)23-11-8-19(28)14-21(18)23/h3-6,8,10-12,14-15,22,26,28H,13H2,1-2H3,(H,29,30). The summed E-state index contributed by atoms with van der Waals surface area (Å²) in [6, 6.07) is 14.1. The minimum absolute atomic E-state index is 0.0116. The largest absolute Gasteiger partial charge is 0.508 e. The molecule has 2 heterocycles. The van der Waals surface area contributed by atoms with Gasteiger partial charge in [0.05, 0.1) is 4.88 Å². The normalized spacial score (nSPS) is 12.3. The van der Waals surface area contributed by atoms with E-state index < -0.39 is 22.0 Å². The first-order chi connectivity index (χ1) is 16.1. The van der Waals surface area contributed by atoms with Gasteiger partial charge >= 0.3 is 5.97 Å². The molecule has 2 aromatic heterocycles. The van der Waals surface area contributed by atoms with Gasteiger partial charge in [0.1, 0.15) is 16.0 Å². The third-order valence-corrected chi connectivity index (χ3v) is 8.27. The van der Waals surface area contributed by atoms with E-state index in [0.717, 1.165) is 28.0 Å². The lowest BCUT2D eigenvalue weighted by Crippen LogP contribution is -2.42. The number of nitrogens with one attached hydrogen (secondary N) is 1. The van der Waals surface area contributed by atoms with Crippen LogP contribution in [0.5, 0.6) is 5.75 Å². The van der Waals surface area contributed by atoms with Crippen LogP contribution in [0, 0.1) is 18.8 Å². The number of phenolic OH excluding ortho intramolecular Hbond substituents is 1. The molecule has 0 spiro atoms. The summed E-state index contributed by atoms with van der Waals surface area (Å²) in [5.41, 5.74) is 3.34. The molecule has 3 N–H and O–H groups in total. The fourth-order valence-electron chi connectivity index (χ4n) is 3.57. The van der Waals surface area contributed by atoms with Crippen molar-refractivity contribution in [3.8, 4) is 17.6 Å². The summed E-state index contributed by atoms with van der Waals surface area (Å²) in [4.78, 5) is 12.5. The molecule has 1 unspecified atom stereocenters. The predicted octanol–water partition coefficient (Wildman–Crippen LogP) is 3.63. The number of hydrogen-bond acceptors (Lipinski definition) is 5. The summed E-state index contributed by atoms with van der Waals surface area (Å²) in [7, 11) is -2.28. The lowest BCUT2D eigenvalue weighted by Gasteiger charge is -2.13. The maximum atomic E-state index is 12.9. The summed E-state index contributed by atoms with van der Waals surface area (Å²) in [5.74, 6) is 4.70. The molecule has 9 heteroatoms. The zero-order valence-corrected chi connectivity index (χ0v) is 20.1. The molecule has 2 aromatic carbocycles. The molecule has 4 rings (SSSR count). The number of sulfonamides is 1. The molecule has 0 aliphatic carbocycles. The molecule has 34 heavy (non-hydrogen) atoms. The smallest absolute Gasteiger partial charge is 0.322 e. The monoisotopic (exact) mass is 494 g/mol. The molecule has 174 valence electrons. The Labute approximate surface area is 201 Å². The Morgan fingerprint density at radius 1 is 1.12 bits per heavy atom. The number of aromatic hydroxyl groups is 1. The third-order valence-electron chi connectivity index (χ3n) is 5.30. The Hall–Kier alpha value is -3.58. The van der Waals surface area contributed by atoms with Crippen LogP contribution in [-0.2, 0) is 28.3 Å². The van der Waals surface area contributed by atoms with Crippen molar-refractivity contribution in [1.82, 2.24) is 9.29 Å². The minimum atomic E-state index is -4.08. The number of hydrogen-bond donors (Lipinski definition) is 3. The number of carbonyl (C=O) groups is 1. The Balaban J connectivity index is 1.55. The highest BCUT2D eigenvalue weighted by molar-refractivity contribution is 7.91. The number of carboxylic acids is 1. The van der Waals surface area contributed by atoms with Crippen molar-refractivity contribution in [2.24, 2.45) is 7.05 Å². The molecule has 4 aromatic rings. The molecule has 0 fully saturated rings. The van der Waals surface area contributed by atoms with Crippen LogP contribution < -0.4 is 4.72 Å². The highest BCUT2D eigenvalue weighted by atomic mass is 32.2. The average Bonchev–Trinajstić information content (AvgIpc) is 3.38. The fourth-order valence-corrected chi connectivity index (χ4v) is 5.94. The number of aryl methyl sites for hydroxylation is 2. The van der Waals surface area contributed by atoms with Gasteiger partial charge in [-0.15, -0.1) is 11.3 Å². The number of aromatic nitrogens is 1. The average molecular weight is 495 g/mol. The Morgan fingerprint density at radius 2 is 1.85 bits per heavy atom. The molecule has 0 radical (unpaired) electrons. The van der Waals surface area contributed by atoms with Crippen LogP contribution in [0.1, 0.15) is 21.6 Å². The first-order valence-corrected chi connectivity index (χ1v) is 12.6. The molecular weight excluding hydrogens is 472 g/mol. The molecule has 0 amide bonds. The van der Waals surface area contributed by atoms with E-state index >= 15 is 0 Å². The van der Waals surface area contributed by atoms with Gasteiger partial charge in [0.15, 0.2) is 0 Å². The summed E-state index contributed by atoms with van der Waals surface area (Å²) in [6.45, 7) is 1.98. The van der Waals surface area contributed by atoms with Crippen LogP contribution in [0.2, 0.25) is 0 Å². The minimum Gasteiger partial charge on any atom is -0.508 e. The number of phenols is 1. The highest BCUT2D eigenvalue weighted by Crippen LogP contribution is 2.27. The van der Waals surface area contributed by atoms with E-state index in [1.807, 2.05) is 31.2 Å². The second-order valence-corrected chi connectivity index (χ2v) is 10.9. The number of fused-ring (bicyclic) bond motifs is 1. The quantitative estimate of drug-likeness (QED) is 0.355. The number of aliphatic carboxylic acids is 1.